The molecule has 31 heavy (non-hydrogen) atoms. The van der Waals surface area contributed by atoms with E-state index in [9.17, 15) is 13.2 Å². The van der Waals surface area contributed by atoms with Crippen LogP contribution in [0.4, 0.5) is 17.2 Å². The van der Waals surface area contributed by atoms with Crippen molar-refractivity contribution < 1.29 is 17.9 Å². The number of amides is 1. The number of hydrogen-bond donors (Lipinski definition) is 1. The molecule has 2 aromatic carbocycles. The minimum Gasteiger partial charge on any atom is -0.378 e. The lowest BCUT2D eigenvalue weighted by atomic mass is 10.1. The van der Waals surface area contributed by atoms with Crippen LogP contribution in [0.15, 0.2) is 47.4 Å². The van der Waals surface area contributed by atoms with Crippen molar-refractivity contribution in [1.29, 1.82) is 0 Å². The lowest BCUT2D eigenvalue weighted by molar-refractivity contribution is 0.0999. The molecular formula is C21H19ClN4O4S. The van der Waals surface area contributed by atoms with E-state index in [2.05, 4.69) is 4.72 Å². The number of nitrogens with one attached hydrogen (secondary N) is 1. The van der Waals surface area contributed by atoms with Crippen LogP contribution in [0.2, 0.25) is 5.02 Å². The molecule has 2 aliphatic rings. The summed E-state index contributed by atoms with van der Waals surface area (Å²) >= 11 is 5.89. The maximum atomic E-state index is 13.0. The van der Waals surface area contributed by atoms with Crippen molar-refractivity contribution in [3.05, 3.63) is 53.1 Å². The summed E-state index contributed by atoms with van der Waals surface area (Å²) in [6.45, 7) is 2.43. The Bertz CT molecular complexity index is 1310. The summed E-state index contributed by atoms with van der Waals surface area (Å²) in [6, 6.07) is 11.1. The number of anilines is 3. The predicted molar refractivity (Wildman–Crippen MR) is 120 cm³/mol. The second-order valence-corrected chi connectivity index (χ2v) is 9.53. The fourth-order valence-corrected chi connectivity index (χ4v) is 5.10. The summed E-state index contributed by atoms with van der Waals surface area (Å²) in [5.74, 6) is 0.480. The fourth-order valence-electron chi connectivity index (χ4n) is 3.90. The number of carbonyl (C=O) groups excluding carboxylic acids is 1. The van der Waals surface area contributed by atoms with E-state index in [4.69, 9.17) is 21.3 Å². The minimum absolute atomic E-state index is 0.0850. The average Bonchev–Trinajstić information content (AvgIpc) is 3.02. The van der Waals surface area contributed by atoms with E-state index in [1.54, 1.807) is 30.1 Å². The number of halogens is 1. The Morgan fingerprint density at radius 1 is 1.10 bits per heavy atom. The third kappa shape index (κ3) is 3.38. The molecule has 8 nitrogen and oxygen atoms in total. The van der Waals surface area contributed by atoms with Crippen molar-refractivity contribution >= 4 is 55.6 Å². The molecular weight excluding hydrogens is 440 g/mol. The quantitative estimate of drug-likeness (QED) is 0.645. The van der Waals surface area contributed by atoms with E-state index in [0.717, 1.165) is 0 Å². The first-order chi connectivity index (χ1) is 14.8. The molecule has 0 spiro atoms. The summed E-state index contributed by atoms with van der Waals surface area (Å²) in [6.07, 6.45) is 0. The molecule has 0 atom stereocenters. The van der Waals surface area contributed by atoms with Crippen LogP contribution in [-0.2, 0) is 14.8 Å². The molecule has 3 aromatic rings. The first kappa shape index (κ1) is 20.0. The summed E-state index contributed by atoms with van der Waals surface area (Å²) < 4.78 is 34.0. The van der Waals surface area contributed by atoms with Gasteiger partial charge in [0.15, 0.2) is 0 Å². The number of nitrogens with zero attached hydrogens (tertiary/aromatic N) is 3. The van der Waals surface area contributed by atoms with Crippen LogP contribution in [0.1, 0.15) is 10.4 Å². The molecule has 0 unspecified atom stereocenters. The van der Waals surface area contributed by atoms with Gasteiger partial charge in [0, 0.05) is 30.5 Å². The van der Waals surface area contributed by atoms with E-state index in [0.29, 0.717) is 65.0 Å². The molecule has 1 amide bonds. The normalized spacial score (nSPS) is 16.3. The van der Waals surface area contributed by atoms with Gasteiger partial charge in [-0.2, -0.15) is 0 Å². The molecule has 1 saturated heterocycles. The van der Waals surface area contributed by atoms with E-state index in [-0.39, 0.29) is 10.8 Å². The maximum Gasteiger partial charge on any atom is 0.261 e. The molecule has 1 N–H and O–H groups in total. The number of sulfonamides is 1. The third-order valence-corrected chi connectivity index (χ3v) is 7.16. The Morgan fingerprint density at radius 2 is 1.81 bits per heavy atom. The first-order valence-corrected chi connectivity index (χ1v) is 11.6. The number of carbonyl (C=O) groups is 1. The Labute approximate surface area is 184 Å². The van der Waals surface area contributed by atoms with E-state index in [1.807, 2.05) is 4.90 Å². The van der Waals surface area contributed by atoms with Gasteiger partial charge in [0.2, 0.25) is 0 Å². The number of benzene rings is 2. The first-order valence-electron chi connectivity index (χ1n) is 9.72. The number of ether oxygens (including phenoxy) is 1. The van der Waals surface area contributed by atoms with E-state index >= 15 is 0 Å². The minimum atomic E-state index is -3.87. The van der Waals surface area contributed by atoms with Crippen LogP contribution in [-0.4, -0.2) is 52.7 Å². The molecule has 1 aromatic heterocycles. The lowest BCUT2D eigenvalue weighted by Crippen LogP contribution is -2.36. The zero-order chi connectivity index (χ0) is 21.8. The average molecular weight is 459 g/mol. The monoisotopic (exact) mass is 458 g/mol. The van der Waals surface area contributed by atoms with Crippen molar-refractivity contribution in [2.24, 2.45) is 0 Å². The molecule has 160 valence electrons. The highest BCUT2D eigenvalue weighted by atomic mass is 35.5. The van der Waals surface area contributed by atoms with Gasteiger partial charge in [0.05, 0.1) is 40.6 Å². The Balaban J connectivity index is 1.65. The van der Waals surface area contributed by atoms with Gasteiger partial charge >= 0.3 is 0 Å². The molecule has 5 rings (SSSR count). The molecule has 0 radical (unpaired) electrons. The summed E-state index contributed by atoms with van der Waals surface area (Å²) in [4.78, 5) is 21.3. The molecule has 3 heterocycles. The second kappa shape index (κ2) is 7.37. The van der Waals surface area contributed by atoms with Gasteiger partial charge in [-0.1, -0.05) is 11.6 Å². The van der Waals surface area contributed by atoms with Crippen LogP contribution in [0.3, 0.4) is 0 Å². The van der Waals surface area contributed by atoms with Crippen LogP contribution in [0, 0.1) is 0 Å². The van der Waals surface area contributed by atoms with E-state index < -0.39 is 10.0 Å². The Kier molecular flexibility index (Phi) is 4.76. The Morgan fingerprint density at radius 3 is 2.52 bits per heavy atom. The van der Waals surface area contributed by atoms with Crippen molar-refractivity contribution in [3.8, 4) is 0 Å². The largest absolute Gasteiger partial charge is 0.378 e. The predicted octanol–water partition coefficient (Wildman–Crippen LogP) is 3.12. The molecule has 0 saturated carbocycles. The zero-order valence-electron chi connectivity index (χ0n) is 16.6. The smallest absolute Gasteiger partial charge is 0.261 e. The molecule has 0 aliphatic carbocycles. The number of pyridine rings is 1. The van der Waals surface area contributed by atoms with Gasteiger partial charge in [0.25, 0.3) is 15.9 Å². The Hall–Kier alpha value is -2.88. The van der Waals surface area contributed by atoms with E-state index in [1.165, 1.54) is 24.3 Å². The summed E-state index contributed by atoms with van der Waals surface area (Å²) in [5.41, 5.74) is 1.96. The van der Waals surface area contributed by atoms with Crippen molar-refractivity contribution in [1.82, 2.24) is 4.98 Å². The van der Waals surface area contributed by atoms with Crippen molar-refractivity contribution in [2.75, 3.05) is 47.9 Å². The standard InChI is InChI=1S/C21H19ClN4O4S/c1-25-17-7-6-16(24-31(28,29)14-4-2-13(22)3-5-14)20-19(17)15(21(25)27)12-18(23-20)26-8-10-30-11-9-26/h2-7,12,24H,8-11H2,1H3. The molecule has 0 bridgehead atoms. The highest BCUT2D eigenvalue weighted by molar-refractivity contribution is 7.92. The van der Waals surface area contributed by atoms with Gasteiger partial charge in [-0.15, -0.1) is 0 Å². The summed E-state index contributed by atoms with van der Waals surface area (Å²) in [7, 11) is -2.17. The molecule has 2 aliphatic heterocycles. The van der Waals surface area contributed by atoms with Crippen LogP contribution in [0.5, 0.6) is 0 Å². The fraction of sp³-hybridized carbons (Fsp3) is 0.238. The highest BCUT2D eigenvalue weighted by Gasteiger charge is 2.31. The maximum absolute atomic E-state index is 13.0. The SMILES string of the molecule is CN1C(=O)c2cc(N3CCOCC3)nc3c(NS(=O)(=O)c4ccc(Cl)cc4)ccc1c23. The number of rotatable bonds is 4. The van der Waals surface area contributed by atoms with Gasteiger partial charge in [0.1, 0.15) is 5.82 Å². The number of hydrogen-bond acceptors (Lipinski definition) is 6. The third-order valence-electron chi connectivity index (χ3n) is 5.52. The topological polar surface area (TPSA) is 91.8 Å². The van der Waals surface area contributed by atoms with Gasteiger partial charge in [-0.05, 0) is 42.5 Å². The van der Waals surface area contributed by atoms with Gasteiger partial charge in [-0.25, -0.2) is 13.4 Å². The zero-order valence-corrected chi connectivity index (χ0v) is 18.2. The molecule has 1 fully saturated rings. The number of aromatic nitrogens is 1. The van der Waals surface area contributed by atoms with Gasteiger partial charge < -0.3 is 14.5 Å². The molecule has 10 heteroatoms. The van der Waals surface area contributed by atoms with Gasteiger partial charge in [-0.3, -0.25) is 9.52 Å². The van der Waals surface area contributed by atoms with Crippen molar-refractivity contribution in [2.45, 2.75) is 4.90 Å². The highest BCUT2D eigenvalue weighted by Crippen LogP contribution is 2.41. The second-order valence-electron chi connectivity index (χ2n) is 7.41. The van der Waals surface area contributed by atoms with Crippen LogP contribution in [0.25, 0.3) is 10.9 Å². The van der Waals surface area contributed by atoms with Crippen LogP contribution < -0.4 is 14.5 Å². The lowest BCUT2D eigenvalue weighted by Gasteiger charge is -2.28. The number of morpholine rings is 1. The van der Waals surface area contributed by atoms with Crippen molar-refractivity contribution in [3.63, 3.8) is 0 Å². The van der Waals surface area contributed by atoms with Crippen LogP contribution >= 0.6 is 11.6 Å². The summed E-state index contributed by atoms with van der Waals surface area (Å²) in [5, 5.41) is 1.09.